The molecule has 3 nitrogen and oxygen atoms in total. The maximum atomic E-state index is 9.69. The van der Waals surface area contributed by atoms with Gasteiger partial charge in [-0.05, 0) is 17.9 Å². The van der Waals surface area contributed by atoms with Crippen LogP contribution >= 0.6 is 0 Å². The standard InChI is InChI=1S/C10H16O3/c1-6-2-8-9(12)3-7(11)4-10(8)13-5-6/h6-7,9,11-12H,2-5H2,1H3. The summed E-state index contributed by atoms with van der Waals surface area (Å²) in [6.07, 6.45) is 1.06. The summed E-state index contributed by atoms with van der Waals surface area (Å²) in [5.74, 6) is 1.33. The first-order valence-electron chi connectivity index (χ1n) is 4.87. The fourth-order valence-corrected chi connectivity index (χ4v) is 2.09. The summed E-state index contributed by atoms with van der Waals surface area (Å²) in [5, 5.41) is 19.1. The predicted molar refractivity (Wildman–Crippen MR) is 48.0 cm³/mol. The smallest absolute Gasteiger partial charge is 0.100 e. The van der Waals surface area contributed by atoms with Crippen molar-refractivity contribution in [3.63, 3.8) is 0 Å². The van der Waals surface area contributed by atoms with Gasteiger partial charge in [0.15, 0.2) is 0 Å². The molecular weight excluding hydrogens is 168 g/mol. The van der Waals surface area contributed by atoms with Gasteiger partial charge in [0.1, 0.15) is 5.76 Å². The molecule has 0 radical (unpaired) electrons. The van der Waals surface area contributed by atoms with E-state index in [4.69, 9.17) is 4.74 Å². The van der Waals surface area contributed by atoms with Crippen LogP contribution in [0.15, 0.2) is 11.3 Å². The fraction of sp³-hybridized carbons (Fsp3) is 0.800. The van der Waals surface area contributed by atoms with Crippen molar-refractivity contribution in [2.75, 3.05) is 6.61 Å². The van der Waals surface area contributed by atoms with Gasteiger partial charge in [-0.25, -0.2) is 0 Å². The second-order valence-corrected chi connectivity index (χ2v) is 4.18. The lowest BCUT2D eigenvalue weighted by atomic mass is 9.85. The van der Waals surface area contributed by atoms with Crippen LogP contribution in [-0.2, 0) is 4.74 Å². The minimum absolute atomic E-state index is 0.429. The molecule has 0 aromatic rings. The van der Waals surface area contributed by atoms with Crippen molar-refractivity contribution in [3.8, 4) is 0 Å². The van der Waals surface area contributed by atoms with Gasteiger partial charge in [0, 0.05) is 12.8 Å². The highest BCUT2D eigenvalue weighted by atomic mass is 16.5. The monoisotopic (exact) mass is 184 g/mol. The number of hydrogen-bond acceptors (Lipinski definition) is 3. The van der Waals surface area contributed by atoms with Crippen molar-refractivity contribution < 1.29 is 14.9 Å². The molecule has 0 fully saturated rings. The Labute approximate surface area is 78.0 Å². The molecule has 0 saturated carbocycles. The third-order valence-corrected chi connectivity index (χ3v) is 2.79. The first-order valence-corrected chi connectivity index (χ1v) is 4.87. The molecule has 0 saturated heterocycles. The van der Waals surface area contributed by atoms with E-state index in [2.05, 4.69) is 6.92 Å². The second-order valence-electron chi connectivity index (χ2n) is 4.18. The van der Waals surface area contributed by atoms with Crippen LogP contribution < -0.4 is 0 Å². The molecule has 2 aliphatic rings. The highest BCUT2D eigenvalue weighted by Gasteiger charge is 2.31. The number of hydrogen-bond donors (Lipinski definition) is 2. The van der Waals surface area contributed by atoms with Crippen LogP contribution in [0.2, 0.25) is 0 Å². The number of aliphatic hydroxyl groups is 2. The Bertz CT molecular complexity index is 234. The summed E-state index contributed by atoms with van der Waals surface area (Å²) in [6, 6.07) is 0. The normalized spacial score (nSPS) is 39.8. The number of aliphatic hydroxyl groups excluding tert-OH is 2. The Morgan fingerprint density at radius 2 is 2.08 bits per heavy atom. The Balaban J connectivity index is 2.20. The maximum absolute atomic E-state index is 9.69. The SMILES string of the molecule is CC1COC2=C(C1)C(O)CC(O)C2. The summed E-state index contributed by atoms with van der Waals surface area (Å²) < 4.78 is 5.49. The van der Waals surface area contributed by atoms with Gasteiger partial charge in [0.05, 0.1) is 18.8 Å². The zero-order valence-corrected chi connectivity index (χ0v) is 7.86. The largest absolute Gasteiger partial charge is 0.497 e. The van der Waals surface area contributed by atoms with Crippen molar-refractivity contribution in [3.05, 3.63) is 11.3 Å². The quantitative estimate of drug-likeness (QED) is 0.586. The number of ether oxygens (including phenoxy) is 1. The molecule has 2 N–H and O–H groups in total. The Morgan fingerprint density at radius 3 is 2.85 bits per heavy atom. The van der Waals surface area contributed by atoms with Crippen molar-refractivity contribution in [2.45, 2.75) is 38.4 Å². The average Bonchev–Trinajstić information content (AvgIpc) is 2.06. The first-order chi connectivity index (χ1) is 6.16. The summed E-state index contributed by atoms with van der Waals surface area (Å²) >= 11 is 0. The molecule has 74 valence electrons. The third kappa shape index (κ3) is 1.71. The lowest BCUT2D eigenvalue weighted by Crippen LogP contribution is -2.32. The minimum Gasteiger partial charge on any atom is -0.497 e. The topological polar surface area (TPSA) is 49.7 Å². The van der Waals surface area contributed by atoms with Gasteiger partial charge < -0.3 is 14.9 Å². The lowest BCUT2D eigenvalue weighted by molar-refractivity contribution is 0.0339. The van der Waals surface area contributed by atoms with Crippen LogP contribution in [0.25, 0.3) is 0 Å². The van der Waals surface area contributed by atoms with Crippen LogP contribution in [-0.4, -0.2) is 29.0 Å². The molecule has 3 heteroatoms. The fourth-order valence-electron chi connectivity index (χ4n) is 2.09. The van der Waals surface area contributed by atoms with Gasteiger partial charge in [-0.2, -0.15) is 0 Å². The third-order valence-electron chi connectivity index (χ3n) is 2.79. The van der Waals surface area contributed by atoms with E-state index < -0.39 is 12.2 Å². The molecule has 0 aromatic carbocycles. The van der Waals surface area contributed by atoms with Crippen molar-refractivity contribution in [1.82, 2.24) is 0 Å². The van der Waals surface area contributed by atoms with Gasteiger partial charge in [-0.3, -0.25) is 0 Å². The van der Waals surface area contributed by atoms with E-state index in [1.54, 1.807) is 0 Å². The van der Waals surface area contributed by atoms with E-state index in [1.165, 1.54) is 0 Å². The van der Waals surface area contributed by atoms with Crippen molar-refractivity contribution in [1.29, 1.82) is 0 Å². The molecule has 3 unspecified atom stereocenters. The molecule has 1 aliphatic heterocycles. The van der Waals surface area contributed by atoms with E-state index in [0.717, 1.165) is 24.4 Å². The molecule has 0 bridgehead atoms. The van der Waals surface area contributed by atoms with Gasteiger partial charge in [-0.15, -0.1) is 0 Å². The minimum atomic E-state index is -0.485. The molecule has 1 heterocycles. The Hall–Kier alpha value is -0.540. The first kappa shape index (κ1) is 9.03. The van der Waals surface area contributed by atoms with Gasteiger partial charge >= 0.3 is 0 Å². The van der Waals surface area contributed by atoms with Gasteiger partial charge in [0.25, 0.3) is 0 Å². The highest BCUT2D eigenvalue weighted by molar-refractivity contribution is 5.20. The van der Waals surface area contributed by atoms with Crippen molar-refractivity contribution >= 4 is 0 Å². The molecule has 3 atom stereocenters. The molecule has 0 aromatic heterocycles. The van der Waals surface area contributed by atoms with Crippen LogP contribution in [0, 0.1) is 5.92 Å². The van der Waals surface area contributed by atoms with Crippen molar-refractivity contribution in [2.24, 2.45) is 5.92 Å². The number of rotatable bonds is 0. The molecule has 2 rings (SSSR count). The van der Waals surface area contributed by atoms with Crippen LogP contribution in [0.1, 0.15) is 26.2 Å². The van der Waals surface area contributed by atoms with Gasteiger partial charge in [-0.1, -0.05) is 6.92 Å². The predicted octanol–water partition coefficient (Wildman–Crippen LogP) is 0.812. The Kier molecular flexibility index (Phi) is 2.30. The Morgan fingerprint density at radius 1 is 1.31 bits per heavy atom. The zero-order chi connectivity index (χ0) is 9.42. The van der Waals surface area contributed by atoms with Crippen LogP contribution in [0.5, 0.6) is 0 Å². The zero-order valence-electron chi connectivity index (χ0n) is 7.86. The molecule has 13 heavy (non-hydrogen) atoms. The van der Waals surface area contributed by atoms with E-state index in [9.17, 15) is 10.2 Å². The summed E-state index contributed by atoms with van der Waals surface area (Å²) in [6.45, 7) is 2.83. The van der Waals surface area contributed by atoms with Crippen LogP contribution in [0.4, 0.5) is 0 Å². The molecule has 0 spiro atoms. The maximum Gasteiger partial charge on any atom is 0.100 e. The molecular formula is C10H16O3. The van der Waals surface area contributed by atoms with E-state index in [0.29, 0.717) is 18.8 Å². The van der Waals surface area contributed by atoms with E-state index in [1.807, 2.05) is 0 Å². The summed E-state index contributed by atoms with van der Waals surface area (Å²) in [5.41, 5.74) is 1.02. The summed E-state index contributed by atoms with van der Waals surface area (Å²) in [7, 11) is 0. The molecule has 1 aliphatic carbocycles. The average molecular weight is 184 g/mol. The van der Waals surface area contributed by atoms with E-state index in [-0.39, 0.29) is 0 Å². The second kappa shape index (κ2) is 3.31. The highest BCUT2D eigenvalue weighted by Crippen LogP contribution is 2.34. The van der Waals surface area contributed by atoms with Crippen LogP contribution in [0.3, 0.4) is 0 Å². The van der Waals surface area contributed by atoms with E-state index >= 15 is 0 Å². The summed E-state index contributed by atoms with van der Waals surface area (Å²) in [4.78, 5) is 0. The lowest BCUT2D eigenvalue weighted by Gasteiger charge is -2.33. The molecule has 0 amide bonds. The van der Waals surface area contributed by atoms with Gasteiger partial charge in [0.2, 0.25) is 0 Å².